The van der Waals surface area contributed by atoms with E-state index in [2.05, 4.69) is 21.9 Å². The molecule has 0 radical (unpaired) electrons. The van der Waals surface area contributed by atoms with Gasteiger partial charge in [0.15, 0.2) is 5.11 Å². The zero-order chi connectivity index (χ0) is 19.9. The fourth-order valence-corrected chi connectivity index (χ4v) is 3.51. The molecule has 6 nitrogen and oxygen atoms in total. The molecule has 0 aliphatic rings. The Balaban J connectivity index is 1.93. The number of hydrogen-bond donors (Lipinski definition) is 3. The topological polar surface area (TPSA) is 87.3 Å². The normalized spacial score (nSPS) is 10.9. The molecule has 0 saturated heterocycles. The van der Waals surface area contributed by atoms with Crippen LogP contribution in [0.5, 0.6) is 0 Å². The largest absolute Gasteiger partial charge is 0.332 e. The first kappa shape index (κ1) is 20.8. The maximum Gasteiger partial charge on any atom is 0.240 e. The highest BCUT2D eigenvalue weighted by Gasteiger charge is 2.13. The van der Waals surface area contributed by atoms with Gasteiger partial charge in [-0.3, -0.25) is 4.79 Å². The second kappa shape index (κ2) is 9.40. The summed E-state index contributed by atoms with van der Waals surface area (Å²) in [5, 5.41) is 5.63. The summed E-state index contributed by atoms with van der Waals surface area (Å²) in [7, 11) is -3.58. The number of anilines is 1. The third-order valence-corrected chi connectivity index (χ3v) is 5.35. The van der Waals surface area contributed by atoms with E-state index < -0.39 is 10.0 Å². The van der Waals surface area contributed by atoms with Crippen molar-refractivity contribution in [2.75, 3.05) is 11.9 Å². The molecular weight excluding hydrogens is 382 g/mol. The zero-order valence-corrected chi connectivity index (χ0v) is 16.5. The Morgan fingerprint density at radius 3 is 2.44 bits per heavy atom. The summed E-state index contributed by atoms with van der Waals surface area (Å²) < 4.78 is 26.4. The second-order valence-electron chi connectivity index (χ2n) is 5.77. The number of carbonyl (C=O) groups is 1. The standard InChI is InChI=1S/C19H21N3O3S2/c1-3-12-20-27(24,25)17-10-8-16(9-11-17)21-19(26)22-18(23)13-15-7-5-4-6-14(15)2/h3-11,20H,1,12-13H2,2H3,(H2,21,22,23,26). The smallest absolute Gasteiger partial charge is 0.240 e. The molecule has 0 aliphatic carbocycles. The van der Waals surface area contributed by atoms with Gasteiger partial charge < -0.3 is 10.6 Å². The number of amides is 1. The first-order valence-electron chi connectivity index (χ1n) is 8.18. The average molecular weight is 404 g/mol. The third-order valence-electron chi connectivity index (χ3n) is 3.71. The lowest BCUT2D eigenvalue weighted by molar-refractivity contribution is -0.119. The van der Waals surface area contributed by atoms with E-state index in [1.807, 2.05) is 31.2 Å². The quantitative estimate of drug-likeness (QED) is 0.488. The molecule has 0 aliphatic heterocycles. The van der Waals surface area contributed by atoms with E-state index in [4.69, 9.17) is 12.2 Å². The third kappa shape index (κ3) is 6.28. The number of carbonyl (C=O) groups excluding carboxylic acids is 1. The van der Waals surface area contributed by atoms with Crippen molar-refractivity contribution in [3.05, 3.63) is 72.3 Å². The van der Waals surface area contributed by atoms with Gasteiger partial charge in [-0.2, -0.15) is 0 Å². The maximum absolute atomic E-state index is 12.1. The van der Waals surface area contributed by atoms with Gasteiger partial charge in [-0.25, -0.2) is 13.1 Å². The molecular formula is C19H21N3O3S2. The van der Waals surface area contributed by atoms with Crippen LogP contribution in [0.3, 0.4) is 0 Å². The molecule has 0 fully saturated rings. The lowest BCUT2D eigenvalue weighted by atomic mass is 10.1. The van der Waals surface area contributed by atoms with Crippen LogP contribution in [-0.4, -0.2) is 26.0 Å². The van der Waals surface area contributed by atoms with E-state index in [-0.39, 0.29) is 28.9 Å². The number of thiocarbonyl (C=S) groups is 1. The minimum atomic E-state index is -3.58. The van der Waals surface area contributed by atoms with Crippen LogP contribution in [0, 0.1) is 6.92 Å². The molecule has 2 aromatic rings. The molecule has 2 aromatic carbocycles. The molecule has 142 valence electrons. The highest BCUT2D eigenvalue weighted by Crippen LogP contribution is 2.14. The molecule has 3 N–H and O–H groups in total. The Bertz CT molecular complexity index is 939. The first-order chi connectivity index (χ1) is 12.8. The van der Waals surface area contributed by atoms with Gasteiger partial charge in [0, 0.05) is 12.2 Å². The number of sulfonamides is 1. The van der Waals surface area contributed by atoms with Crippen molar-refractivity contribution in [3.8, 4) is 0 Å². The van der Waals surface area contributed by atoms with Crippen LogP contribution in [0.15, 0.2) is 66.1 Å². The summed E-state index contributed by atoms with van der Waals surface area (Å²) in [6.45, 7) is 5.57. The van der Waals surface area contributed by atoms with Gasteiger partial charge in [0.2, 0.25) is 15.9 Å². The number of hydrogen-bond acceptors (Lipinski definition) is 4. The Morgan fingerprint density at radius 1 is 1.15 bits per heavy atom. The minimum absolute atomic E-state index is 0.129. The van der Waals surface area contributed by atoms with E-state index in [0.29, 0.717) is 5.69 Å². The monoisotopic (exact) mass is 403 g/mol. The van der Waals surface area contributed by atoms with Crippen LogP contribution in [0.1, 0.15) is 11.1 Å². The van der Waals surface area contributed by atoms with E-state index >= 15 is 0 Å². The molecule has 27 heavy (non-hydrogen) atoms. The van der Waals surface area contributed by atoms with Gasteiger partial charge in [-0.1, -0.05) is 30.3 Å². The summed E-state index contributed by atoms with van der Waals surface area (Å²) in [5.74, 6) is -0.227. The van der Waals surface area contributed by atoms with Crippen LogP contribution in [0.2, 0.25) is 0 Å². The Morgan fingerprint density at radius 2 is 1.81 bits per heavy atom. The lowest BCUT2D eigenvalue weighted by Gasteiger charge is -2.11. The number of nitrogens with one attached hydrogen (secondary N) is 3. The zero-order valence-electron chi connectivity index (χ0n) is 14.9. The molecule has 0 heterocycles. The molecule has 0 bridgehead atoms. The highest BCUT2D eigenvalue weighted by atomic mass is 32.2. The summed E-state index contributed by atoms with van der Waals surface area (Å²) >= 11 is 5.14. The van der Waals surface area contributed by atoms with Gasteiger partial charge in [0.05, 0.1) is 11.3 Å². The minimum Gasteiger partial charge on any atom is -0.332 e. The molecule has 8 heteroatoms. The predicted octanol–water partition coefficient (Wildman–Crippen LogP) is 2.52. The van der Waals surface area contributed by atoms with Crippen molar-refractivity contribution < 1.29 is 13.2 Å². The molecule has 0 unspecified atom stereocenters. The van der Waals surface area contributed by atoms with E-state index in [1.54, 1.807) is 12.1 Å². The Labute approximate surface area is 164 Å². The van der Waals surface area contributed by atoms with Crippen LogP contribution in [0.25, 0.3) is 0 Å². The average Bonchev–Trinajstić information content (AvgIpc) is 2.62. The molecule has 1 amide bonds. The van der Waals surface area contributed by atoms with Gasteiger partial charge in [-0.15, -0.1) is 6.58 Å². The molecule has 2 rings (SSSR count). The van der Waals surface area contributed by atoms with Crippen LogP contribution < -0.4 is 15.4 Å². The highest BCUT2D eigenvalue weighted by molar-refractivity contribution is 7.89. The van der Waals surface area contributed by atoms with Gasteiger partial charge in [0.1, 0.15) is 0 Å². The first-order valence-corrected chi connectivity index (χ1v) is 10.1. The summed E-state index contributed by atoms with van der Waals surface area (Å²) in [5.41, 5.74) is 2.53. The van der Waals surface area contributed by atoms with Crippen molar-refractivity contribution in [3.63, 3.8) is 0 Å². The van der Waals surface area contributed by atoms with Crippen LogP contribution in [-0.2, 0) is 21.2 Å². The van der Waals surface area contributed by atoms with Crippen LogP contribution in [0.4, 0.5) is 5.69 Å². The fraction of sp³-hybridized carbons (Fsp3) is 0.158. The van der Waals surface area contributed by atoms with Gasteiger partial charge >= 0.3 is 0 Å². The van der Waals surface area contributed by atoms with Crippen molar-refractivity contribution >= 4 is 38.9 Å². The van der Waals surface area contributed by atoms with Crippen molar-refractivity contribution in [1.29, 1.82) is 0 Å². The van der Waals surface area contributed by atoms with Crippen molar-refractivity contribution in [1.82, 2.24) is 10.0 Å². The number of rotatable bonds is 7. The molecule has 0 spiro atoms. The Hall–Kier alpha value is -2.55. The predicted molar refractivity (Wildman–Crippen MR) is 111 cm³/mol. The molecule has 0 aromatic heterocycles. The maximum atomic E-state index is 12.1. The van der Waals surface area contributed by atoms with Gasteiger partial charge in [0.25, 0.3) is 0 Å². The number of aryl methyl sites for hydroxylation is 1. The van der Waals surface area contributed by atoms with E-state index in [1.165, 1.54) is 18.2 Å². The SMILES string of the molecule is C=CCNS(=O)(=O)c1ccc(NC(=S)NC(=O)Cc2ccccc2C)cc1. The summed E-state index contributed by atoms with van der Waals surface area (Å²) in [6.07, 6.45) is 1.69. The van der Waals surface area contributed by atoms with Gasteiger partial charge in [-0.05, 0) is 54.5 Å². The summed E-state index contributed by atoms with van der Waals surface area (Å²) in [4.78, 5) is 12.2. The van der Waals surface area contributed by atoms with E-state index in [9.17, 15) is 13.2 Å². The molecule has 0 saturated carbocycles. The van der Waals surface area contributed by atoms with E-state index in [0.717, 1.165) is 11.1 Å². The lowest BCUT2D eigenvalue weighted by Crippen LogP contribution is -2.35. The van der Waals surface area contributed by atoms with Crippen molar-refractivity contribution in [2.24, 2.45) is 0 Å². The fourth-order valence-electron chi connectivity index (χ4n) is 2.28. The number of benzene rings is 2. The van der Waals surface area contributed by atoms with Crippen LogP contribution >= 0.6 is 12.2 Å². The Kier molecular flexibility index (Phi) is 7.23. The summed E-state index contributed by atoms with van der Waals surface area (Å²) in [6, 6.07) is 13.7. The second-order valence-corrected chi connectivity index (χ2v) is 7.95. The van der Waals surface area contributed by atoms with Crippen molar-refractivity contribution in [2.45, 2.75) is 18.2 Å². The molecule has 0 atom stereocenters.